The molecule has 0 aliphatic carbocycles. The van der Waals surface area contributed by atoms with E-state index in [9.17, 15) is 14.0 Å². The summed E-state index contributed by atoms with van der Waals surface area (Å²) in [6.07, 6.45) is 0. The lowest BCUT2D eigenvalue weighted by Gasteiger charge is -2.10. The molecule has 20 heavy (non-hydrogen) atoms. The highest BCUT2D eigenvalue weighted by Crippen LogP contribution is 2.19. The summed E-state index contributed by atoms with van der Waals surface area (Å²) in [5.41, 5.74) is 0.983. The minimum absolute atomic E-state index is 0.0622. The van der Waals surface area contributed by atoms with E-state index in [1.807, 2.05) is 0 Å². The molecule has 0 saturated heterocycles. The van der Waals surface area contributed by atoms with Crippen LogP contribution in [-0.4, -0.2) is 17.0 Å². The molecule has 5 heteroatoms. The van der Waals surface area contributed by atoms with Crippen LogP contribution < -0.4 is 5.32 Å². The summed E-state index contributed by atoms with van der Waals surface area (Å²) in [4.78, 5) is 23.1. The predicted octanol–water partition coefficient (Wildman–Crippen LogP) is 3.08. The summed E-state index contributed by atoms with van der Waals surface area (Å²) in [7, 11) is 0. The number of aryl methyl sites for hydroxylation is 1. The van der Waals surface area contributed by atoms with Crippen LogP contribution in [0, 0.1) is 12.7 Å². The molecule has 0 bridgehead atoms. The second-order valence-electron chi connectivity index (χ2n) is 4.26. The molecular formula is C15H12FNO3. The average Bonchev–Trinajstić information content (AvgIpc) is 2.41. The van der Waals surface area contributed by atoms with Crippen molar-refractivity contribution in [3.8, 4) is 0 Å². The molecule has 2 aromatic carbocycles. The SMILES string of the molecule is Cc1ccccc1C(=O)Nc1ccc(F)cc1C(=O)O. The maximum absolute atomic E-state index is 13.1. The van der Waals surface area contributed by atoms with Gasteiger partial charge in [-0.05, 0) is 36.8 Å². The fourth-order valence-electron chi connectivity index (χ4n) is 1.82. The number of halogens is 1. The highest BCUT2D eigenvalue weighted by molar-refractivity contribution is 6.08. The van der Waals surface area contributed by atoms with Gasteiger partial charge in [-0.25, -0.2) is 9.18 Å². The molecule has 2 N–H and O–H groups in total. The number of carbonyl (C=O) groups is 2. The van der Waals surface area contributed by atoms with Gasteiger partial charge in [0, 0.05) is 5.56 Å². The summed E-state index contributed by atoms with van der Waals surface area (Å²) >= 11 is 0. The molecule has 0 unspecified atom stereocenters. The molecule has 0 radical (unpaired) electrons. The Balaban J connectivity index is 2.33. The van der Waals surface area contributed by atoms with Gasteiger partial charge in [-0.3, -0.25) is 4.79 Å². The highest BCUT2D eigenvalue weighted by atomic mass is 19.1. The van der Waals surface area contributed by atoms with Crippen LogP contribution in [0.3, 0.4) is 0 Å². The van der Waals surface area contributed by atoms with Gasteiger partial charge in [0.1, 0.15) is 5.82 Å². The number of nitrogens with one attached hydrogen (secondary N) is 1. The zero-order chi connectivity index (χ0) is 14.7. The Morgan fingerprint density at radius 1 is 1.10 bits per heavy atom. The van der Waals surface area contributed by atoms with E-state index < -0.39 is 17.7 Å². The van der Waals surface area contributed by atoms with Crippen LogP contribution in [0.25, 0.3) is 0 Å². The quantitative estimate of drug-likeness (QED) is 0.903. The number of benzene rings is 2. The Morgan fingerprint density at radius 2 is 1.80 bits per heavy atom. The summed E-state index contributed by atoms with van der Waals surface area (Å²) in [6, 6.07) is 10.1. The average molecular weight is 273 g/mol. The number of carboxylic acids is 1. The lowest BCUT2D eigenvalue weighted by atomic mass is 10.1. The van der Waals surface area contributed by atoms with Crippen LogP contribution in [0.4, 0.5) is 10.1 Å². The van der Waals surface area contributed by atoms with Crippen LogP contribution in [0.1, 0.15) is 26.3 Å². The molecule has 0 heterocycles. The first-order valence-electron chi connectivity index (χ1n) is 5.89. The van der Waals surface area contributed by atoms with Crippen LogP contribution in [0.2, 0.25) is 0 Å². The highest BCUT2D eigenvalue weighted by Gasteiger charge is 2.15. The van der Waals surface area contributed by atoms with Gasteiger partial charge >= 0.3 is 5.97 Å². The van der Waals surface area contributed by atoms with Crippen molar-refractivity contribution in [1.82, 2.24) is 0 Å². The molecule has 1 amide bonds. The van der Waals surface area contributed by atoms with E-state index in [1.54, 1.807) is 31.2 Å². The third-order valence-corrected chi connectivity index (χ3v) is 2.85. The Kier molecular flexibility index (Phi) is 3.79. The molecule has 0 aromatic heterocycles. The Hall–Kier alpha value is -2.69. The van der Waals surface area contributed by atoms with Crippen molar-refractivity contribution in [2.45, 2.75) is 6.92 Å². The molecule has 2 aromatic rings. The van der Waals surface area contributed by atoms with Crippen molar-refractivity contribution in [2.24, 2.45) is 0 Å². The van der Waals surface area contributed by atoms with E-state index in [-0.39, 0.29) is 11.3 Å². The fourth-order valence-corrected chi connectivity index (χ4v) is 1.82. The molecule has 102 valence electrons. The van der Waals surface area contributed by atoms with Gasteiger partial charge in [0.2, 0.25) is 0 Å². The van der Waals surface area contributed by atoms with Gasteiger partial charge in [-0.2, -0.15) is 0 Å². The second kappa shape index (κ2) is 5.52. The van der Waals surface area contributed by atoms with Gasteiger partial charge < -0.3 is 10.4 Å². The van der Waals surface area contributed by atoms with Gasteiger partial charge in [0.05, 0.1) is 11.3 Å². The third-order valence-electron chi connectivity index (χ3n) is 2.85. The Morgan fingerprint density at radius 3 is 2.45 bits per heavy atom. The molecule has 0 atom stereocenters. The third kappa shape index (κ3) is 2.83. The van der Waals surface area contributed by atoms with E-state index in [1.165, 1.54) is 6.07 Å². The number of aromatic carboxylic acids is 1. The normalized spacial score (nSPS) is 10.1. The largest absolute Gasteiger partial charge is 0.478 e. The van der Waals surface area contributed by atoms with Crippen LogP contribution in [0.15, 0.2) is 42.5 Å². The van der Waals surface area contributed by atoms with E-state index in [0.717, 1.165) is 17.7 Å². The van der Waals surface area contributed by atoms with Crippen molar-refractivity contribution in [3.05, 3.63) is 65.0 Å². The van der Waals surface area contributed by atoms with Gasteiger partial charge in [0.15, 0.2) is 0 Å². The van der Waals surface area contributed by atoms with Crippen molar-refractivity contribution in [2.75, 3.05) is 5.32 Å². The summed E-state index contributed by atoms with van der Waals surface area (Å²) in [5.74, 6) is -2.40. The van der Waals surface area contributed by atoms with Gasteiger partial charge in [0.25, 0.3) is 5.91 Å². The lowest BCUT2D eigenvalue weighted by molar-refractivity contribution is 0.0697. The van der Waals surface area contributed by atoms with E-state index in [0.29, 0.717) is 5.56 Å². The minimum Gasteiger partial charge on any atom is -0.478 e. The zero-order valence-electron chi connectivity index (χ0n) is 10.7. The summed E-state index contributed by atoms with van der Waals surface area (Å²) < 4.78 is 13.1. The molecule has 0 spiro atoms. The van der Waals surface area contributed by atoms with Crippen molar-refractivity contribution in [1.29, 1.82) is 0 Å². The number of carboxylic acid groups (broad SMARTS) is 1. The zero-order valence-corrected chi connectivity index (χ0v) is 10.7. The van der Waals surface area contributed by atoms with Crippen molar-refractivity contribution in [3.63, 3.8) is 0 Å². The molecule has 4 nitrogen and oxygen atoms in total. The number of rotatable bonds is 3. The van der Waals surface area contributed by atoms with Crippen molar-refractivity contribution < 1.29 is 19.1 Å². The van der Waals surface area contributed by atoms with Crippen molar-refractivity contribution >= 4 is 17.6 Å². The Bertz CT molecular complexity index is 683. The molecular weight excluding hydrogens is 261 g/mol. The number of hydrogen-bond acceptors (Lipinski definition) is 2. The molecule has 0 fully saturated rings. The molecule has 0 aliphatic rings. The summed E-state index contributed by atoms with van der Waals surface area (Å²) in [5, 5.41) is 11.5. The fraction of sp³-hybridized carbons (Fsp3) is 0.0667. The first-order valence-corrected chi connectivity index (χ1v) is 5.89. The maximum atomic E-state index is 13.1. The first-order chi connectivity index (χ1) is 9.49. The van der Waals surface area contributed by atoms with Crippen LogP contribution in [-0.2, 0) is 0 Å². The smallest absolute Gasteiger partial charge is 0.337 e. The number of anilines is 1. The topological polar surface area (TPSA) is 66.4 Å². The molecule has 0 aliphatic heterocycles. The van der Waals surface area contributed by atoms with E-state index in [2.05, 4.69) is 5.32 Å². The number of amides is 1. The monoisotopic (exact) mass is 273 g/mol. The second-order valence-corrected chi connectivity index (χ2v) is 4.26. The Labute approximate surface area is 114 Å². The number of carbonyl (C=O) groups excluding carboxylic acids is 1. The minimum atomic E-state index is -1.30. The standard InChI is InChI=1S/C15H12FNO3/c1-9-4-2-3-5-11(9)14(18)17-13-7-6-10(16)8-12(13)15(19)20/h2-8H,1H3,(H,17,18)(H,19,20). The van der Waals surface area contributed by atoms with Gasteiger partial charge in [-0.1, -0.05) is 18.2 Å². The first kappa shape index (κ1) is 13.7. The van der Waals surface area contributed by atoms with E-state index in [4.69, 9.17) is 5.11 Å². The maximum Gasteiger partial charge on any atom is 0.337 e. The molecule has 0 saturated carbocycles. The predicted molar refractivity (Wildman–Crippen MR) is 72.5 cm³/mol. The number of hydrogen-bond donors (Lipinski definition) is 2. The van der Waals surface area contributed by atoms with Crippen LogP contribution >= 0.6 is 0 Å². The van der Waals surface area contributed by atoms with Crippen LogP contribution in [0.5, 0.6) is 0 Å². The molecule has 2 rings (SSSR count). The lowest BCUT2D eigenvalue weighted by Crippen LogP contribution is -2.16. The van der Waals surface area contributed by atoms with Gasteiger partial charge in [-0.15, -0.1) is 0 Å². The summed E-state index contributed by atoms with van der Waals surface area (Å²) in [6.45, 7) is 1.78. The van der Waals surface area contributed by atoms with E-state index >= 15 is 0 Å².